The van der Waals surface area contributed by atoms with Crippen molar-refractivity contribution in [2.45, 2.75) is 24.8 Å². The molecule has 0 amide bonds. The lowest BCUT2D eigenvalue weighted by molar-refractivity contribution is 0.423. The molecule has 0 unspecified atom stereocenters. The zero-order valence-electron chi connectivity index (χ0n) is 12.7. The molecule has 0 spiro atoms. The first-order chi connectivity index (χ1) is 11.0. The molecule has 7 nitrogen and oxygen atoms in total. The van der Waals surface area contributed by atoms with E-state index in [9.17, 15) is 8.42 Å². The quantitative estimate of drug-likeness (QED) is 0.776. The minimum absolute atomic E-state index is 0.0356. The van der Waals surface area contributed by atoms with Crippen LogP contribution in [0.15, 0.2) is 58.3 Å². The Balaban J connectivity index is 2.10. The molecule has 1 N–H and O–H groups in total. The van der Waals surface area contributed by atoms with E-state index in [2.05, 4.69) is 19.5 Å². The smallest absolute Gasteiger partial charge is 0.266 e. The van der Waals surface area contributed by atoms with Gasteiger partial charge in [-0.15, -0.1) is 0 Å². The summed E-state index contributed by atoms with van der Waals surface area (Å²) in [5, 5.41) is 8.01. The van der Waals surface area contributed by atoms with Crippen LogP contribution in [0.25, 0.3) is 11.3 Å². The van der Waals surface area contributed by atoms with Crippen LogP contribution in [0.1, 0.15) is 19.9 Å². The van der Waals surface area contributed by atoms with Gasteiger partial charge in [0.15, 0.2) is 5.82 Å². The predicted octanol–water partition coefficient (Wildman–Crippen LogP) is 2.92. The van der Waals surface area contributed by atoms with Crippen LogP contribution in [0.3, 0.4) is 0 Å². The van der Waals surface area contributed by atoms with Crippen LogP contribution in [0.2, 0.25) is 0 Å². The number of hydrogen-bond acceptors (Lipinski definition) is 5. The molecule has 0 atom stereocenters. The van der Waals surface area contributed by atoms with Crippen molar-refractivity contribution in [2.24, 2.45) is 0 Å². The van der Waals surface area contributed by atoms with Gasteiger partial charge in [0.2, 0.25) is 0 Å². The average molecular weight is 332 g/mol. The van der Waals surface area contributed by atoms with E-state index in [0.29, 0.717) is 5.69 Å². The molecule has 2 heterocycles. The number of sulfonamides is 1. The summed E-state index contributed by atoms with van der Waals surface area (Å²) in [5.74, 6) is 0.126. The highest BCUT2D eigenvalue weighted by Crippen LogP contribution is 2.28. The lowest BCUT2D eigenvalue weighted by atomic mass is 10.2. The third kappa shape index (κ3) is 3.11. The fourth-order valence-corrected chi connectivity index (χ4v) is 3.24. The molecule has 0 aliphatic carbocycles. The second kappa shape index (κ2) is 5.88. The first-order valence-corrected chi connectivity index (χ1v) is 8.53. The van der Waals surface area contributed by atoms with Crippen molar-refractivity contribution >= 4 is 15.8 Å². The van der Waals surface area contributed by atoms with E-state index in [0.717, 1.165) is 5.56 Å². The van der Waals surface area contributed by atoms with Gasteiger partial charge in [-0.2, -0.15) is 5.10 Å². The van der Waals surface area contributed by atoms with E-state index in [1.807, 2.05) is 44.2 Å². The minimum Gasteiger partial charge on any atom is -0.363 e. The molecule has 0 saturated carbocycles. The van der Waals surface area contributed by atoms with E-state index in [4.69, 9.17) is 0 Å². The highest BCUT2D eigenvalue weighted by atomic mass is 32.2. The van der Waals surface area contributed by atoms with Crippen LogP contribution in [-0.4, -0.2) is 23.4 Å². The maximum atomic E-state index is 12.7. The number of nitrogens with zero attached hydrogens (tertiary/aromatic N) is 3. The van der Waals surface area contributed by atoms with Crippen molar-refractivity contribution < 1.29 is 12.9 Å². The highest BCUT2D eigenvalue weighted by molar-refractivity contribution is 7.92. The number of nitrogens with one attached hydrogen (secondary N) is 1. The summed E-state index contributed by atoms with van der Waals surface area (Å²) >= 11 is 0. The van der Waals surface area contributed by atoms with Gasteiger partial charge in [0.25, 0.3) is 10.0 Å². The fourth-order valence-electron chi connectivity index (χ4n) is 2.09. The molecule has 0 radical (unpaired) electrons. The van der Waals surface area contributed by atoms with E-state index in [1.54, 1.807) is 4.68 Å². The Bertz CT molecular complexity index is 884. The van der Waals surface area contributed by atoms with Crippen LogP contribution in [0, 0.1) is 0 Å². The van der Waals surface area contributed by atoms with E-state index >= 15 is 0 Å². The van der Waals surface area contributed by atoms with Gasteiger partial charge in [0.1, 0.15) is 16.9 Å². The Labute approximate surface area is 134 Å². The zero-order valence-corrected chi connectivity index (χ0v) is 13.5. The summed E-state index contributed by atoms with van der Waals surface area (Å²) in [6.07, 6.45) is 2.82. The summed E-state index contributed by atoms with van der Waals surface area (Å²) < 4.78 is 34.0. The Kier molecular flexibility index (Phi) is 3.91. The van der Waals surface area contributed by atoms with Crippen molar-refractivity contribution in [3.05, 3.63) is 48.9 Å². The lowest BCUT2D eigenvalue weighted by Gasteiger charge is -2.05. The summed E-state index contributed by atoms with van der Waals surface area (Å²) in [4.78, 5) is 0.0976. The summed E-state index contributed by atoms with van der Waals surface area (Å²) in [5.41, 5.74) is 1.13. The van der Waals surface area contributed by atoms with Gasteiger partial charge in [-0.1, -0.05) is 35.5 Å². The van der Waals surface area contributed by atoms with Crippen molar-refractivity contribution in [3.63, 3.8) is 0 Å². The molecule has 120 valence electrons. The SMILES string of the molecule is CC(C)n1cc(S(=O)(=O)Nc2ccon2)c(-c2ccccc2)n1. The third-order valence-electron chi connectivity index (χ3n) is 3.24. The van der Waals surface area contributed by atoms with Gasteiger partial charge in [-0.25, -0.2) is 8.42 Å². The number of rotatable bonds is 5. The molecular weight excluding hydrogens is 316 g/mol. The third-order valence-corrected chi connectivity index (χ3v) is 4.60. The molecule has 0 saturated heterocycles. The zero-order chi connectivity index (χ0) is 16.4. The summed E-state index contributed by atoms with van der Waals surface area (Å²) in [6, 6.07) is 10.7. The van der Waals surface area contributed by atoms with Crippen LogP contribution in [-0.2, 0) is 10.0 Å². The average Bonchev–Trinajstić information content (AvgIpc) is 3.17. The Morgan fingerprint density at radius 1 is 1.17 bits per heavy atom. The van der Waals surface area contributed by atoms with Crippen molar-refractivity contribution in [1.82, 2.24) is 14.9 Å². The lowest BCUT2D eigenvalue weighted by Crippen LogP contribution is -2.13. The van der Waals surface area contributed by atoms with E-state index in [-0.39, 0.29) is 16.8 Å². The van der Waals surface area contributed by atoms with Crippen LogP contribution >= 0.6 is 0 Å². The van der Waals surface area contributed by atoms with Crippen molar-refractivity contribution in [3.8, 4) is 11.3 Å². The number of aromatic nitrogens is 3. The Hall–Kier alpha value is -2.61. The second-order valence-corrected chi connectivity index (χ2v) is 6.92. The normalized spacial score (nSPS) is 11.8. The number of hydrogen-bond donors (Lipinski definition) is 1. The maximum absolute atomic E-state index is 12.7. The van der Waals surface area contributed by atoms with Gasteiger partial charge < -0.3 is 4.52 Å². The standard InChI is InChI=1S/C15H16N4O3S/c1-11(2)19-10-13(15(16-19)12-6-4-3-5-7-12)23(20,21)18-14-8-9-22-17-14/h3-11H,1-2H3,(H,17,18). The van der Waals surface area contributed by atoms with Crippen molar-refractivity contribution in [2.75, 3.05) is 4.72 Å². The van der Waals surface area contributed by atoms with Crippen LogP contribution < -0.4 is 4.72 Å². The largest absolute Gasteiger partial charge is 0.363 e. The molecule has 2 aromatic heterocycles. The molecular formula is C15H16N4O3S. The Morgan fingerprint density at radius 2 is 1.91 bits per heavy atom. The fraction of sp³-hybridized carbons (Fsp3) is 0.200. The van der Waals surface area contributed by atoms with Gasteiger partial charge in [-0.05, 0) is 13.8 Å². The molecule has 23 heavy (non-hydrogen) atoms. The first-order valence-electron chi connectivity index (χ1n) is 7.05. The van der Waals surface area contributed by atoms with Gasteiger partial charge in [0.05, 0.1) is 0 Å². The molecule has 0 aliphatic rings. The van der Waals surface area contributed by atoms with Gasteiger partial charge >= 0.3 is 0 Å². The van der Waals surface area contributed by atoms with Gasteiger partial charge in [0, 0.05) is 23.9 Å². The molecule has 0 aliphatic heterocycles. The Morgan fingerprint density at radius 3 is 2.52 bits per heavy atom. The number of anilines is 1. The van der Waals surface area contributed by atoms with E-state index in [1.165, 1.54) is 18.5 Å². The molecule has 3 rings (SSSR count). The first kappa shape index (κ1) is 15.3. The second-order valence-electron chi connectivity index (χ2n) is 5.27. The summed E-state index contributed by atoms with van der Waals surface area (Å²) in [7, 11) is -3.83. The topological polar surface area (TPSA) is 90.0 Å². The van der Waals surface area contributed by atoms with Crippen LogP contribution in [0.5, 0.6) is 0 Å². The van der Waals surface area contributed by atoms with Crippen molar-refractivity contribution in [1.29, 1.82) is 0 Å². The number of benzene rings is 1. The van der Waals surface area contributed by atoms with Crippen LogP contribution in [0.4, 0.5) is 5.82 Å². The molecule has 8 heteroatoms. The molecule has 3 aromatic rings. The van der Waals surface area contributed by atoms with Gasteiger partial charge in [-0.3, -0.25) is 9.40 Å². The monoisotopic (exact) mass is 332 g/mol. The predicted molar refractivity (Wildman–Crippen MR) is 85.4 cm³/mol. The molecule has 1 aromatic carbocycles. The highest BCUT2D eigenvalue weighted by Gasteiger charge is 2.25. The molecule has 0 bridgehead atoms. The summed E-state index contributed by atoms with van der Waals surface area (Å²) in [6.45, 7) is 3.87. The maximum Gasteiger partial charge on any atom is 0.266 e. The molecule has 0 fully saturated rings. The minimum atomic E-state index is -3.83. The van der Waals surface area contributed by atoms with E-state index < -0.39 is 10.0 Å².